The van der Waals surface area contributed by atoms with E-state index < -0.39 is 0 Å². The first kappa shape index (κ1) is 13.4. The molecule has 0 saturated heterocycles. The van der Waals surface area contributed by atoms with E-state index in [4.69, 9.17) is 5.73 Å². The fraction of sp³-hybridized carbons (Fsp3) is 0.250. The van der Waals surface area contributed by atoms with E-state index in [0.717, 1.165) is 0 Å². The Balaban J connectivity index is 0.000000336. The molecular weight excluding hydrogens is 188 g/mol. The first-order valence-corrected chi connectivity index (χ1v) is 4.77. The van der Waals surface area contributed by atoms with E-state index in [9.17, 15) is 4.79 Å². The van der Waals surface area contributed by atoms with Gasteiger partial charge in [0, 0.05) is 18.7 Å². The van der Waals surface area contributed by atoms with E-state index in [1.165, 1.54) is 0 Å². The van der Waals surface area contributed by atoms with Crippen molar-refractivity contribution in [2.75, 3.05) is 7.05 Å². The number of carbonyl (C=O) groups is 1. The molecule has 15 heavy (non-hydrogen) atoms. The summed E-state index contributed by atoms with van der Waals surface area (Å²) in [4.78, 5) is 10.9. The van der Waals surface area contributed by atoms with Gasteiger partial charge in [0.2, 0.25) is 0 Å². The van der Waals surface area contributed by atoms with Crippen molar-refractivity contribution in [2.45, 2.75) is 13.0 Å². The molecule has 0 aromatic heterocycles. The lowest BCUT2D eigenvalue weighted by molar-refractivity contribution is 0.0963. The van der Waals surface area contributed by atoms with Crippen molar-refractivity contribution in [3.63, 3.8) is 0 Å². The molecule has 3 N–H and O–H groups in total. The molecule has 0 aliphatic heterocycles. The summed E-state index contributed by atoms with van der Waals surface area (Å²) in [7, 11) is 1.62. The summed E-state index contributed by atoms with van der Waals surface area (Å²) < 4.78 is 0. The molecule has 0 saturated carbocycles. The molecule has 3 nitrogen and oxygen atoms in total. The standard InChI is InChI=1S/C8H9NO.C4H9N/c1-9-8(10)7-5-3-2-4-6-7;1-3-4(2)5/h2-6H,1H3,(H,9,10);3-4H,1,5H2,2H3. The van der Waals surface area contributed by atoms with Crippen LogP contribution in [0.25, 0.3) is 0 Å². The Labute approximate surface area is 91.0 Å². The molecule has 1 amide bonds. The summed E-state index contributed by atoms with van der Waals surface area (Å²) in [6.45, 7) is 5.32. The van der Waals surface area contributed by atoms with Crippen LogP contribution in [0.4, 0.5) is 0 Å². The van der Waals surface area contributed by atoms with E-state index in [-0.39, 0.29) is 11.9 Å². The fourth-order valence-corrected chi connectivity index (χ4v) is 0.734. The van der Waals surface area contributed by atoms with E-state index in [0.29, 0.717) is 5.56 Å². The molecule has 1 unspecified atom stereocenters. The minimum atomic E-state index is -0.0411. The maximum Gasteiger partial charge on any atom is 0.251 e. The first-order valence-electron chi connectivity index (χ1n) is 4.77. The van der Waals surface area contributed by atoms with Gasteiger partial charge in [-0.1, -0.05) is 24.3 Å². The zero-order valence-electron chi connectivity index (χ0n) is 9.23. The molecule has 0 aliphatic rings. The Morgan fingerprint density at radius 3 is 2.27 bits per heavy atom. The highest BCUT2D eigenvalue weighted by atomic mass is 16.1. The van der Waals surface area contributed by atoms with Crippen LogP contribution in [0, 0.1) is 0 Å². The largest absolute Gasteiger partial charge is 0.355 e. The van der Waals surface area contributed by atoms with E-state index >= 15 is 0 Å². The van der Waals surface area contributed by atoms with Crippen LogP contribution < -0.4 is 11.1 Å². The van der Waals surface area contributed by atoms with Crippen LogP contribution in [0.5, 0.6) is 0 Å². The van der Waals surface area contributed by atoms with Gasteiger partial charge in [0.1, 0.15) is 0 Å². The summed E-state index contributed by atoms with van der Waals surface area (Å²) in [5.41, 5.74) is 5.87. The number of carbonyl (C=O) groups excluding carboxylic acids is 1. The highest BCUT2D eigenvalue weighted by Crippen LogP contribution is 1.96. The molecule has 0 fully saturated rings. The number of amides is 1. The van der Waals surface area contributed by atoms with Gasteiger partial charge >= 0.3 is 0 Å². The summed E-state index contributed by atoms with van der Waals surface area (Å²) >= 11 is 0. The average molecular weight is 206 g/mol. The molecular formula is C12H18N2O. The minimum absolute atomic E-state index is 0.0411. The number of nitrogens with two attached hydrogens (primary N) is 1. The highest BCUT2D eigenvalue weighted by molar-refractivity contribution is 5.93. The van der Waals surface area contributed by atoms with Crippen molar-refractivity contribution in [1.29, 1.82) is 0 Å². The van der Waals surface area contributed by atoms with Gasteiger partial charge in [-0.2, -0.15) is 0 Å². The van der Waals surface area contributed by atoms with E-state index in [1.54, 1.807) is 25.3 Å². The van der Waals surface area contributed by atoms with Crippen molar-refractivity contribution in [3.8, 4) is 0 Å². The van der Waals surface area contributed by atoms with Crippen molar-refractivity contribution in [2.24, 2.45) is 5.73 Å². The lowest BCUT2D eigenvalue weighted by Gasteiger charge is -1.96. The van der Waals surface area contributed by atoms with Gasteiger partial charge in [0.25, 0.3) is 5.91 Å². The van der Waals surface area contributed by atoms with Crippen LogP contribution in [0.2, 0.25) is 0 Å². The molecule has 0 bridgehead atoms. The Morgan fingerprint density at radius 2 is 1.93 bits per heavy atom. The number of hydrogen-bond donors (Lipinski definition) is 2. The molecule has 1 aromatic carbocycles. The van der Waals surface area contributed by atoms with Crippen molar-refractivity contribution in [1.82, 2.24) is 5.32 Å². The van der Waals surface area contributed by atoms with Gasteiger partial charge in [-0.15, -0.1) is 6.58 Å². The second kappa shape index (κ2) is 7.76. The number of benzene rings is 1. The molecule has 1 rings (SSSR count). The Bertz CT molecular complexity index is 294. The van der Waals surface area contributed by atoms with Gasteiger partial charge in [-0.3, -0.25) is 4.79 Å². The van der Waals surface area contributed by atoms with Gasteiger partial charge in [-0.05, 0) is 19.1 Å². The van der Waals surface area contributed by atoms with E-state index in [1.807, 2.05) is 25.1 Å². The highest BCUT2D eigenvalue weighted by Gasteiger charge is 1.97. The summed E-state index contributed by atoms with van der Waals surface area (Å²) in [5, 5.41) is 2.54. The van der Waals surface area contributed by atoms with Crippen molar-refractivity contribution in [3.05, 3.63) is 48.6 Å². The first-order chi connectivity index (χ1) is 7.11. The third kappa shape index (κ3) is 6.46. The van der Waals surface area contributed by atoms with Crippen LogP contribution >= 0.6 is 0 Å². The molecule has 0 spiro atoms. The normalized spacial score (nSPS) is 10.6. The average Bonchev–Trinajstić information content (AvgIpc) is 2.30. The topological polar surface area (TPSA) is 55.1 Å². The summed E-state index contributed by atoms with van der Waals surface area (Å²) in [6.07, 6.45) is 1.69. The fourth-order valence-electron chi connectivity index (χ4n) is 0.734. The third-order valence-corrected chi connectivity index (χ3v) is 1.63. The van der Waals surface area contributed by atoms with Gasteiger partial charge < -0.3 is 11.1 Å². The smallest absolute Gasteiger partial charge is 0.251 e. The third-order valence-electron chi connectivity index (χ3n) is 1.63. The van der Waals surface area contributed by atoms with Crippen LogP contribution in [0.1, 0.15) is 17.3 Å². The van der Waals surface area contributed by atoms with Gasteiger partial charge in [-0.25, -0.2) is 0 Å². The van der Waals surface area contributed by atoms with Gasteiger partial charge in [0.15, 0.2) is 0 Å². The van der Waals surface area contributed by atoms with E-state index in [2.05, 4.69) is 11.9 Å². The lowest BCUT2D eigenvalue weighted by Crippen LogP contribution is -2.17. The SMILES string of the molecule is C=CC(C)N.CNC(=O)c1ccccc1. The van der Waals surface area contributed by atoms with Crippen LogP contribution in [-0.4, -0.2) is 19.0 Å². The predicted molar refractivity (Wildman–Crippen MR) is 63.7 cm³/mol. The van der Waals surface area contributed by atoms with Crippen LogP contribution in [0.3, 0.4) is 0 Å². The number of rotatable bonds is 2. The number of hydrogen-bond acceptors (Lipinski definition) is 2. The Hall–Kier alpha value is -1.61. The molecule has 82 valence electrons. The summed E-state index contributed by atoms with van der Waals surface area (Å²) in [5.74, 6) is -0.0411. The maximum absolute atomic E-state index is 10.9. The second-order valence-electron chi connectivity index (χ2n) is 3.04. The molecule has 0 heterocycles. The van der Waals surface area contributed by atoms with Crippen molar-refractivity contribution < 1.29 is 4.79 Å². The minimum Gasteiger partial charge on any atom is -0.355 e. The maximum atomic E-state index is 10.9. The summed E-state index contributed by atoms with van der Waals surface area (Å²) in [6, 6.07) is 9.26. The quantitative estimate of drug-likeness (QED) is 0.722. The molecule has 0 aliphatic carbocycles. The molecule has 1 atom stereocenters. The zero-order valence-corrected chi connectivity index (χ0v) is 9.23. The van der Waals surface area contributed by atoms with Crippen LogP contribution in [-0.2, 0) is 0 Å². The van der Waals surface area contributed by atoms with Crippen molar-refractivity contribution >= 4 is 5.91 Å². The Kier molecular flexibility index (Phi) is 6.93. The molecule has 0 radical (unpaired) electrons. The molecule has 3 heteroatoms. The second-order valence-corrected chi connectivity index (χ2v) is 3.04. The monoisotopic (exact) mass is 206 g/mol. The van der Waals surface area contributed by atoms with Gasteiger partial charge in [0.05, 0.1) is 0 Å². The van der Waals surface area contributed by atoms with Crippen LogP contribution in [0.15, 0.2) is 43.0 Å². The lowest BCUT2D eigenvalue weighted by atomic mass is 10.2. The predicted octanol–water partition coefficient (Wildman–Crippen LogP) is 1.57. The zero-order chi connectivity index (χ0) is 11.7. The molecule has 1 aromatic rings. The number of nitrogens with one attached hydrogen (secondary N) is 1. The Morgan fingerprint density at radius 1 is 1.47 bits per heavy atom.